The second-order valence-electron chi connectivity index (χ2n) is 3.98. The highest BCUT2D eigenvalue weighted by atomic mass is 16.3. The summed E-state index contributed by atoms with van der Waals surface area (Å²) >= 11 is 0. The van der Waals surface area contributed by atoms with Crippen LogP contribution in [0.3, 0.4) is 0 Å². The van der Waals surface area contributed by atoms with E-state index >= 15 is 0 Å². The smallest absolute Gasteiger partial charge is 0.111 e. The van der Waals surface area contributed by atoms with Crippen molar-refractivity contribution in [2.45, 2.75) is 38.0 Å². The van der Waals surface area contributed by atoms with Crippen LogP contribution >= 0.6 is 0 Å². The maximum absolute atomic E-state index is 9.46. The normalized spacial score (nSPS) is 50.7. The van der Waals surface area contributed by atoms with Gasteiger partial charge in [0.25, 0.3) is 0 Å². The van der Waals surface area contributed by atoms with Crippen molar-refractivity contribution in [1.82, 2.24) is 5.32 Å². The van der Waals surface area contributed by atoms with Crippen LogP contribution in [0.25, 0.3) is 0 Å². The van der Waals surface area contributed by atoms with Gasteiger partial charge in [-0.2, -0.15) is 0 Å². The van der Waals surface area contributed by atoms with Gasteiger partial charge in [0.1, 0.15) is 6.23 Å². The van der Waals surface area contributed by atoms with Crippen molar-refractivity contribution in [2.75, 3.05) is 6.54 Å². The van der Waals surface area contributed by atoms with Gasteiger partial charge in [0.05, 0.1) is 0 Å². The molecule has 2 aliphatic rings. The molecule has 64 valence electrons. The lowest BCUT2D eigenvalue weighted by Crippen LogP contribution is -2.64. The average molecular weight is 156 g/mol. The van der Waals surface area contributed by atoms with E-state index in [-0.39, 0.29) is 11.6 Å². The summed E-state index contributed by atoms with van der Waals surface area (Å²) in [6.45, 7) is 0.987. The standard InChI is InChI=1S/C8H16N2O/c9-6-1-3-8(4-2-6)5-10-7(8)11/h6-7,10-11H,1-5,9H2. The highest BCUT2D eigenvalue weighted by Gasteiger charge is 2.46. The molecule has 1 spiro atoms. The summed E-state index contributed by atoms with van der Waals surface area (Å²) in [5.74, 6) is 0. The Bertz CT molecular complexity index is 152. The molecular formula is C8H16N2O. The molecule has 2 rings (SSSR count). The lowest BCUT2D eigenvalue weighted by atomic mass is 9.67. The third-order valence-corrected chi connectivity index (χ3v) is 3.25. The molecule has 11 heavy (non-hydrogen) atoms. The number of aliphatic hydroxyl groups excluding tert-OH is 1. The number of aliphatic hydroxyl groups is 1. The van der Waals surface area contributed by atoms with E-state index in [9.17, 15) is 5.11 Å². The van der Waals surface area contributed by atoms with Gasteiger partial charge in [0, 0.05) is 18.0 Å². The summed E-state index contributed by atoms with van der Waals surface area (Å²) < 4.78 is 0. The van der Waals surface area contributed by atoms with E-state index in [0.717, 1.165) is 32.2 Å². The molecule has 1 saturated carbocycles. The highest BCUT2D eigenvalue weighted by Crippen LogP contribution is 2.42. The van der Waals surface area contributed by atoms with Crippen molar-refractivity contribution in [1.29, 1.82) is 0 Å². The molecule has 0 aromatic rings. The summed E-state index contributed by atoms with van der Waals surface area (Å²) in [5.41, 5.74) is 5.98. The number of nitrogens with one attached hydrogen (secondary N) is 1. The SMILES string of the molecule is NC1CCC2(CC1)CNC2O. The molecule has 4 N–H and O–H groups in total. The van der Waals surface area contributed by atoms with Gasteiger partial charge in [0.15, 0.2) is 0 Å². The van der Waals surface area contributed by atoms with E-state index in [1.165, 1.54) is 0 Å². The molecule has 1 atom stereocenters. The predicted molar refractivity (Wildman–Crippen MR) is 42.9 cm³/mol. The molecule has 0 aromatic heterocycles. The number of rotatable bonds is 0. The molecule has 1 saturated heterocycles. The van der Waals surface area contributed by atoms with Gasteiger partial charge < -0.3 is 10.8 Å². The van der Waals surface area contributed by atoms with Crippen LogP contribution < -0.4 is 11.1 Å². The van der Waals surface area contributed by atoms with Crippen LogP contribution in [-0.4, -0.2) is 23.9 Å². The molecule has 0 amide bonds. The molecule has 1 aliphatic carbocycles. The van der Waals surface area contributed by atoms with Crippen LogP contribution in [-0.2, 0) is 0 Å². The molecule has 2 fully saturated rings. The van der Waals surface area contributed by atoms with Gasteiger partial charge >= 0.3 is 0 Å². The zero-order valence-electron chi connectivity index (χ0n) is 6.71. The van der Waals surface area contributed by atoms with Crippen LogP contribution in [0.15, 0.2) is 0 Å². The first-order valence-corrected chi connectivity index (χ1v) is 4.40. The third kappa shape index (κ3) is 1.08. The van der Waals surface area contributed by atoms with Gasteiger partial charge in [0.2, 0.25) is 0 Å². The Balaban J connectivity index is 1.96. The van der Waals surface area contributed by atoms with Gasteiger partial charge in [-0.15, -0.1) is 0 Å². The van der Waals surface area contributed by atoms with Crippen molar-refractivity contribution in [3.8, 4) is 0 Å². The van der Waals surface area contributed by atoms with Crippen LogP contribution in [0, 0.1) is 5.41 Å². The Morgan fingerprint density at radius 3 is 2.36 bits per heavy atom. The Hall–Kier alpha value is -0.120. The molecule has 1 unspecified atom stereocenters. The molecule has 3 nitrogen and oxygen atoms in total. The van der Waals surface area contributed by atoms with Crippen molar-refractivity contribution in [2.24, 2.45) is 11.1 Å². The van der Waals surface area contributed by atoms with Gasteiger partial charge in [-0.05, 0) is 25.7 Å². The van der Waals surface area contributed by atoms with Crippen LogP contribution in [0.2, 0.25) is 0 Å². The van der Waals surface area contributed by atoms with E-state index in [4.69, 9.17) is 5.73 Å². The minimum Gasteiger partial charge on any atom is -0.378 e. The largest absolute Gasteiger partial charge is 0.378 e. The van der Waals surface area contributed by atoms with Crippen LogP contribution in [0.4, 0.5) is 0 Å². The maximum atomic E-state index is 9.46. The Kier molecular flexibility index (Phi) is 1.67. The third-order valence-electron chi connectivity index (χ3n) is 3.25. The lowest BCUT2D eigenvalue weighted by molar-refractivity contribution is -0.0988. The molecule has 0 bridgehead atoms. The Morgan fingerprint density at radius 1 is 1.36 bits per heavy atom. The monoisotopic (exact) mass is 156 g/mol. The molecule has 0 radical (unpaired) electrons. The van der Waals surface area contributed by atoms with Crippen molar-refractivity contribution in [3.63, 3.8) is 0 Å². The molecule has 3 heteroatoms. The van der Waals surface area contributed by atoms with E-state index in [1.54, 1.807) is 0 Å². The first-order valence-electron chi connectivity index (χ1n) is 4.40. The van der Waals surface area contributed by atoms with Gasteiger partial charge in [-0.1, -0.05) is 0 Å². The van der Waals surface area contributed by atoms with E-state index < -0.39 is 0 Å². The second kappa shape index (κ2) is 2.44. The maximum Gasteiger partial charge on any atom is 0.111 e. The predicted octanol–water partition coefficient (Wildman–Crippen LogP) is -0.204. The second-order valence-corrected chi connectivity index (χ2v) is 3.98. The summed E-state index contributed by atoms with van der Waals surface area (Å²) in [5, 5.41) is 12.5. The molecule has 1 aliphatic heterocycles. The zero-order chi connectivity index (χ0) is 7.90. The van der Waals surface area contributed by atoms with E-state index in [2.05, 4.69) is 5.32 Å². The summed E-state index contributed by atoms with van der Waals surface area (Å²) in [6, 6.07) is 0.383. The minimum atomic E-state index is -0.255. The van der Waals surface area contributed by atoms with Crippen molar-refractivity contribution >= 4 is 0 Å². The fraction of sp³-hybridized carbons (Fsp3) is 1.00. The summed E-state index contributed by atoms with van der Waals surface area (Å²) in [4.78, 5) is 0. The van der Waals surface area contributed by atoms with Crippen molar-refractivity contribution in [3.05, 3.63) is 0 Å². The average Bonchev–Trinajstić information content (AvgIpc) is 2.03. The molecule has 1 heterocycles. The fourth-order valence-electron chi connectivity index (χ4n) is 2.15. The lowest BCUT2D eigenvalue weighted by Gasteiger charge is -2.50. The van der Waals surface area contributed by atoms with Crippen LogP contribution in [0.5, 0.6) is 0 Å². The summed E-state index contributed by atoms with van der Waals surface area (Å²) in [7, 11) is 0. The molecular weight excluding hydrogens is 140 g/mol. The fourth-order valence-corrected chi connectivity index (χ4v) is 2.15. The van der Waals surface area contributed by atoms with Crippen LogP contribution in [0.1, 0.15) is 25.7 Å². The summed E-state index contributed by atoms with van der Waals surface area (Å²) in [6.07, 6.45) is 4.11. The highest BCUT2D eigenvalue weighted by molar-refractivity contribution is 4.99. The number of hydrogen-bond acceptors (Lipinski definition) is 3. The van der Waals surface area contributed by atoms with Crippen molar-refractivity contribution < 1.29 is 5.11 Å². The minimum absolute atomic E-state index is 0.204. The van der Waals surface area contributed by atoms with E-state index in [0.29, 0.717) is 6.04 Å². The van der Waals surface area contributed by atoms with Gasteiger partial charge in [-0.3, -0.25) is 5.32 Å². The van der Waals surface area contributed by atoms with E-state index in [1.807, 2.05) is 0 Å². The van der Waals surface area contributed by atoms with Gasteiger partial charge in [-0.25, -0.2) is 0 Å². The Labute approximate surface area is 67.0 Å². The molecule has 0 aromatic carbocycles. The zero-order valence-corrected chi connectivity index (χ0v) is 6.71. The topological polar surface area (TPSA) is 58.3 Å². The first kappa shape index (κ1) is 7.53. The number of hydrogen-bond donors (Lipinski definition) is 3. The quantitative estimate of drug-likeness (QED) is 0.455. The number of nitrogens with two attached hydrogens (primary N) is 1. The first-order chi connectivity index (χ1) is 5.23. The Morgan fingerprint density at radius 2 is 2.00 bits per heavy atom.